The summed E-state index contributed by atoms with van der Waals surface area (Å²) in [5, 5.41) is 8.72. The molecule has 3 aromatic rings. The zero-order valence-corrected chi connectivity index (χ0v) is 43.4. The minimum absolute atomic E-state index is 0.0871. The lowest BCUT2D eigenvalue weighted by atomic mass is 10.0. The van der Waals surface area contributed by atoms with Gasteiger partial charge in [-0.25, -0.2) is 18.2 Å². The maximum Gasteiger partial charge on any atom is 0.416 e. The van der Waals surface area contributed by atoms with Gasteiger partial charge in [-0.2, -0.15) is 17.9 Å². The van der Waals surface area contributed by atoms with Gasteiger partial charge in [0, 0.05) is 18.8 Å². The lowest BCUT2D eigenvalue weighted by molar-refractivity contribution is -0.157. The van der Waals surface area contributed by atoms with Gasteiger partial charge >= 0.3 is 18.2 Å². The van der Waals surface area contributed by atoms with E-state index >= 15 is 0 Å². The van der Waals surface area contributed by atoms with Gasteiger partial charge < -0.3 is 58.6 Å². The lowest BCUT2D eigenvalue weighted by Gasteiger charge is -2.25. The van der Waals surface area contributed by atoms with Gasteiger partial charge in [0.05, 0.1) is 95.4 Å². The fraction of sp³-hybridized carbons (Fsp3) is 0.600. The van der Waals surface area contributed by atoms with Crippen LogP contribution >= 0.6 is 0 Å². The van der Waals surface area contributed by atoms with Gasteiger partial charge in [0.25, 0.3) is 0 Å². The SMILES string of the molecule is CC(C)(C)OC(=O)NCCOCCOCCOCCOCCOCCOCC(=O)Nc1cc(C[C@H](NS(=O)(=O)c2cccc(C(F)(F)F)c2)C(=O)OC(C)(C)C)ccc1OCCCc1ccc2c(n1)NCCC2. The van der Waals surface area contributed by atoms with Crippen LogP contribution in [0.5, 0.6) is 5.75 Å². The number of carbonyl (C=O) groups excluding carboxylic acids is 3. The molecule has 0 saturated carbocycles. The van der Waals surface area contributed by atoms with E-state index in [-0.39, 0.29) is 50.9 Å². The Bertz CT molecular complexity index is 2290. The quantitative estimate of drug-likeness (QED) is 0.0399. The number of fused-ring (bicyclic) bond motifs is 1. The molecule has 1 aromatic heterocycles. The molecule has 0 fully saturated rings. The van der Waals surface area contributed by atoms with Crippen molar-refractivity contribution in [2.24, 2.45) is 0 Å². The van der Waals surface area contributed by atoms with Gasteiger partial charge in [-0.05, 0) is 121 Å². The standard InChI is InChI=1S/C50H72F3N5O14S/c1-48(2,3)71-46(60)42(58-73(62,63)40-13-7-11-38(34-40)50(51,52)53)33-36-14-17-43(70-20-9-12-39-16-15-37-10-8-18-54-45(37)56-39)41(32-36)57-44(59)35-69-31-30-68-29-28-67-27-26-66-25-24-65-23-22-64-21-19-55-47(61)72-49(4,5)6/h7,11,13-17,32,34,42,58H,8-10,12,18-31,33,35H2,1-6H3,(H,54,56)(H,55,61)(H,57,59)/t42-/m0/s1. The number of pyridine rings is 1. The largest absolute Gasteiger partial charge is 0.491 e. The number of rotatable bonds is 32. The zero-order valence-electron chi connectivity index (χ0n) is 42.6. The molecule has 4 N–H and O–H groups in total. The van der Waals surface area contributed by atoms with Crippen molar-refractivity contribution in [1.82, 2.24) is 15.0 Å². The molecule has 0 radical (unpaired) electrons. The average molecular weight is 1060 g/mol. The maximum atomic E-state index is 13.5. The van der Waals surface area contributed by atoms with E-state index in [4.69, 9.17) is 47.6 Å². The van der Waals surface area contributed by atoms with Crippen molar-refractivity contribution < 1.29 is 78.6 Å². The van der Waals surface area contributed by atoms with Crippen molar-refractivity contribution in [3.8, 4) is 5.75 Å². The molecule has 408 valence electrons. The minimum atomic E-state index is -4.81. The highest BCUT2D eigenvalue weighted by Crippen LogP contribution is 2.31. The van der Waals surface area contributed by atoms with Gasteiger partial charge in [-0.15, -0.1) is 0 Å². The average Bonchev–Trinajstić information content (AvgIpc) is 3.31. The zero-order chi connectivity index (χ0) is 53.3. The van der Waals surface area contributed by atoms with Crippen molar-refractivity contribution in [2.75, 3.05) is 110 Å². The van der Waals surface area contributed by atoms with E-state index in [1.807, 2.05) is 6.07 Å². The maximum absolute atomic E-state index is 13.5. The molecule has 23 heteroatoms. The number of amides is 2. The Labute approximate surface area is 426 Å². The summed E-state index contributed by atoms with van der Waals surface area (Å²) < 4.78 is 119. The molecule has 73 heavy (non-hydrogen) atoms. The number of carbonyl (C=O) groups is 3. The van der Waals surface area contributed by atoms with Crippen LogP contribution in [0.1, 0.15) is 76.8 Å². The molecule has 0 spiro atoms. The number of aryl methyl sites for hydroxylation is 2. The van der Waals surface area contributed by atoms with Crippen molar-refractivity contribution in [2.45, 2.75) is 102 Å². The molecule has 4 rings (SSSR count). The number of benzene rings is 2. The molecule has 2 amide bonds. The first-order valence-electron chi connectivity index (χ1n) is 24.2. The van der Waals surface area contributed by atoms with Crippen molar-refractivity contribution >= 4 is 39.5 Å². The second kappa shape index (κ2) is 30.3. The first kappa shape index (κ1) is 60.4. The normalized spacial score (nSPS) is 13.4. The molecular weight excluding hydrogens is 984 g/mol. The van der Waals surface area contributed by atoms with Crippen LogP contribution in [0, 0.1) is 0 Å². The number of halogens is 3. The Morgan fingerprint density at radius 1 is 0.740 bits per heavy atom. The summed E-state index contributed by atoms with van der Waals surface area (Å²) >= 11 is 0. The summed E-state index contributed by atoms with van der Waals surface area (Å²) in [6.45, 7) is 14.6. The number of anilines is 2. The summed E-state index contributed by atoms with van der Waals surface area (Å²) in [5.41, 5.74) is -0.167. The second-order valence-corrected chi connectivity index (χ2v) is 20.4. The number of alkyl halides is 3. The monoisotopic (exact) mass is 1060 g/mol. The number of nitrogens with zero attached hydrogens (tertiary/aromatic N) is 1. The number of nitrogens with one attached hydrogen (secondary N) is 4. The first-order chi connectivity index (χ1) is 34.6. The van der Waals surface area contributed by atoms with Crippen LogP contribution in [0.4, 0.5) is 29.5 Å². The molecule has 19 nitrogen and oxygen atoms in total. The van der Waals surface area contributed by atoms with Crippen LogP contribution in [0.2, 0.25) is 0 Å². The number of alkyl carbamates (subject to hydrolysis) is 1. The molecule has 0 unspecified atom stereocenters. The molecule has 1 aliphatic rings. The number of hydrogen-bond acceptors (Lipinski definition) is 16. The summed E-state index contributed by atoms with van der Waals surface area (Å²) in [4.78, 5) is 42.3. The van der Waals surface area contributed by atoms with E-state index in [0.717, 1.165) is 49.1 Å². The number of ether oxygens (including phenoxy) is 9. The molecule has 0 bridgehead atoms. The Morgan fingerprint density at radius 2 is 1.36 bits per heavy atom. The van der Waals surface area contributed by atoms with E-state index in [1.165, 1.54) is 11.6 Å². The lowest BCUT2D eigenvalue weighted by Crippen LogP contribution is -2.45. The van der Waals surface area contributed by atoms with Crippen LogP contribution < -0.4 is 25.4 Å². The Morgan fingerprint density at radius 3 is 1.97 bits per heavy atom. The summed E-state index contributed by atoms with van der Waals surface area (Å²) in [6, 6.07) is 10.3. The summed E-state index contributed by atoms with van der Waals surface area (Å²) in [7, 11) is -4.69. The van der Waals surface area contributed by atoms with Crippen molar-refractivity contribution in [1.29, 1.82) is 0 Å². The molecule has 2 heterocycles. The van der Waals surface area contributed by atoms with Crippen LogP contribution in [0.3, 0.4) is 0 Å². The Kier molecular flexibility index (Phi) is 25.1. The highest BCUT2D eigenvalue weighted by Gasteiger charge is 2.34. The van der Waals surface area contributed by atoms with Gasteiger partial charge in [-0.3, -0.25) is 9.59 Å². The van der Waals surface area contributed by atoms with E-state index in [0.29, 0.717) is 83.9 Å². The topological polar surface area (TPSA) is 229 Å². The second-order valence-electron chi connectivity index (χ2n) is 18.7. The van der Waals surface area contributed by atoms with Gasteiger partial charge in [0.15, 0.2) is 0 Å². The van der Waals surface area contributed by atoms with Crippen molar-refractivity contribution in [3.05, 3.63) is 77.0 Å². The number of aromatic nitrogens is 1. The molecule has 1 aliphatic heterocycles. The fourth-order valence-electron chi connectivity index (χ4n) is 6.74. The predicted molar refractivity (Wildman–Crippen MR) is 264 cm³/mol. The first-order valence-corrected chi connectivity index (χ1v) is 25.7. The third kappa shape index (κ3) is 24.6. The highest BCUT2D eigenvalue weighted by atomic mass is 32.2. The Balaban J connectivity index is 1.23. The third-order valence-corrected chi connectivity index (χ3v) is 11.5. The van der Waals surface area contributed by atoms with Crippen LogP contribution in [0.25, 0.3) is 0 Å². The van der Waals surface area contributed by atoms with E-state index < -0.39 is 61.9 Å². The molecule has 2 aromatic carbocycles. The van der Waals surface area contributed by atoms with Gasteiger partial charge in [0.1, 0.15) is 35.4 Å². The summed E-state index contributed by atoms with van der Waals surface area (Å²) in [5.74, 6) is -0.357. The van der Waals surface area contributed by atoms with E-state index in [1.54, 1.807) is 53.7 Å². The van der Waals surface area contributed by atoms with Gasteiger partial charge in [-0.1, -0.05) is 18.2 Å². The summed E-state index contributed by atoms with van der Waals surface area (Å²) in [6.07, 6.45) is -2.41. The van der Waals surface area contributed by atoms with Crippen LogP contribution in [-0.4, -0.2) is 148 Å². The van der Waals surface area contributed by atoms with E-state index in [9.17, 15) is 36.0 Å². The van der Waals surface area contributed by atoms with Gasteiger partial charge in [0.2, 0.25) is 15.9 Å². The molecular formula is C50H72F3N5O14S. The number of hydrogen-bond donors (Lipinski definition) is 4. The van der Waals surface area contributed by atoms with E-state index in [2.05, 4.69) is 26.7 Å². The van der Waals surface area contributed by atoms with Crippen LogP contribution in [0.15, 0.2) is 59.5 Å². The smallest absolute Gasteiger partial charge is 0.416 e. The number of sulfonamides is 1. The van der Waals surface area contributed by atoms with Crippen LogP contribution in [-0.2, 0) is 82.9 Å². The highest BCUT2D eigenvalue weighted by molar-refractivity contribution is 7.89. The minimum Gasteiger partial charge on any atom is -0.491 e. The molecule has 1 atom stereocenters. The predicted octanol–water partition coefficient (Wildman–Crippen LogP) is 6.26. The molecule has 0 aliphatic carbocycles. The number of esters is 1. The molecule has 0 saturated heterocycles. The Hall–Kier alpha value is -5.14. The third-order valence-electron chi connectivity index (χ3n) is 10.0. The fourth-order valence-corrected chi connectivity index (χ4v) is 7.97. The van der Waals surface area contributed by atoms with Crippen molar-refractivity contribution in [3.63, 3.8) is 0 Å².